The molecule has 1 aliphatic heterocycles. The zero-order valence-electron chi connectivity index (χ0n) is 13.3. The maximum absolute atomic E-state index is 12.4. The number of amides is 1. The summed E-state index contributed by atoms with van der Waals surface area (Å²) in [7, 11) is 1.25. The van der Waals surface area contributed by atoms with Crippen molar-refractivity contribution in [3.8, 4) is 12.3 Å². The van der Waals surface area contributed by atoms with Crippen LogP contribution >= 0.6 is 0 Å². The van der Waals surface area contributed by atoms with Crippen molar-refractivity contribution in [2.75, 3.05) is 7.11 Å². The fraction of sp³-hybridized carbons (Fsp3) is 0.667. The molecule has 122 valence electrons. The van der Waals surface area contributed by atoms with E-state index in [1.807, 2.05) is 0 Å². The smallest absolute Gasteiger partial charge is 0.411 e. The molecule has 1 aliphatic rings. The van der Waals surface area contributed by atoms with E-state index in [9.17, 15) is 9.59 Å². The van der Waals surface area contributed by atoms with Gasteiger partial charge in [0.2, 0.25) is 0 Å². The number of terminal acetylenes is 1. The molecule has 1 heterocycles. The molecule has 1 fully saturated rings. The first-order chi connectivity index (χ1) is 10.2. The zero-order valence-corrected chi connectivity index (χ0v) is 13.3. The molecule has 0 radical (unpaired) electrons. The lowest BCUT2D eigenvalue weighted by molar-refractivity contribution is -0.146. The van der Waals surface area contributed by atoms with Crippen LogP contribution in [0.5, 0.6) is 0 Å². The van der Waals surface area contributed by atoms with Crippen molar-refractivity contribution >= 4 is 18.3 Å². The second kappa shape index (κ2) is 7.16. The average Bonchev–Trinajstić information content (AvgIpc) is 2.76. The van der Waals surface area contributed by atoms with Gasteiger partial charge in [0.25, 0.3) is 0 Å². The largest absolute Gasteiger partial charge is 0.467 e. The monoisotopic (exact) mass is 310 g/mol. The highest BCUT2D eigenvalue weighted by molar-refractivity contribution is 5.84. The molecule has 1 rings (SSSR count). The van der Waals surface area contributed by atoms with Crippen molar-refractivity contribution < 1.29 is 24.3 Å². The van der Waals surface area contributed by atoms with E-state index in [0.29, 0.717) is 0 Å². The number of methoxy groups -OCH3 is 1. The van der Waals surface area contributed by atoms with E-state index in [-0.39, 0.29) is 18.8 Å². The third kappa shape index (κ3) is 4.13. The first kappa shape index (κ1) is 17.8. The van der Waals surface area contributed by atoms with Crippen molar-refractivity contribution in [1.29, 1.82) is 0 Å². The molecule has 0 bridgehead atoms. The van der Waals surface area contributed by atoms with Gasteiger partial charge >= 0.3 is 12.1 Å². The van der Waals surface area contributed by atoms with E-state index in [1.54, 1.807) is 20.8 Å². The minimum atomic E-state index is -0.818. The van der Waals surface area contributed by atoms with Gasteiger partial charge in [0.05, 0.1) is 13.2 Å². The molecular weight excluding hydrogens is 288 g/mol. The standard InChI is InChI=1S/C15H22N2O5/c1-6-7-11-10(9-16-20)8-12(13(18)21-5)17(11)14(19)22-15(2,3)4/h1,9-12,20H,7-8H2,2-5H3/b16-9+. The minimum absolute atomic E-state index is 0.212. The maximum Gasteiger partial charge on any atom is 0.411 e. The lowest BCUT2D eigenvalue weighted by atomic mass is 9.98. The SMILES string of the molecule is C#CCC1C(/C=N/O)CC(C(=O)OC)N1C(=O)OC(C)(C)C. The number of hydrogen-bond donors (Lipinski definition) is 1. The molecule has 1 N–H and O–H groups in total. The number of oxime groups is 1. The number of ether oxygens (including phenoxy) is 2. The van der Waals surface area contributed by atoms with Crippen LogP contribution in [0.2, 0.25) is 0 Å². The van der Waals surface area contributed by atoms with Gasteiger partial charge in [-0.3, -0.25) is 4.90 Å². The van der Waals surface area contributed by atoms with Crippen molar-refractivity contribution in [2.24, 2.45) is 11.1 Å². The van der Waals surface area contributed by atoms with Gasteiger partial charge in [-0.2, -0.15) is 0 Å². The Bertz CT molecular complexity index is 489. The summed E-state index contributed by atoms with van der Waals surface area (Å²) < 4.78 is 10.1. The quantitative estimate of drug-likeness (QED) is 0.281. The van der Waals surface area contributed by atoms with E-state index < -0.39 is 29.7 Å². The predicted molar refractivity (Wildman–Crippen MR) is 79.5 cm³/mol. The summed E-state index contributed by atoms with van der Waals surface area (Å²) in [5, 5.41) is 11.8. The number of carbonyl (C=O) groups is 2. The second-order valence-electron chi connectivity index (χ2n) is 6.07. The Kier molecular flexibility index (Phi) is 5.80. The first-order valence-corrected chi connectivity index (χ1v) is 6.95. The number of nitrogens with zero attached hydrogens (tertiary/aromatic N) is 2. The molecular formula is C15H22N2O5. The third-order valence-electron chi connectivity index (χ3n) is 3.35. The lowest BCUT2D eigenvalue weighted by Crippen LogP contribution is -2.48. The molecule has 3 atom stereocenters. The number of carbonyl (C=O) groups excluding carboxylic acids is 2. The third-order valence-corrected chi connectivity index (χ3v) is 3.35. The van der Waals surface area contributed by atoms with Crippen LogP contribution < -0.4 is 0 Å². The molecule has 0 aliphatic carbocycles. The van der Waals surface area contributed by atoms with Crippen LogP contribution in [-0.4, -0.2) is 53.2 Å². The van der Waals surface area contributed by atoms with E-state index in [0.717, 1.165) is 0 Å². The molecule has 0 saturated carbocycles. The van der Waals surface area contributed by atoms with Crippen LogP contribution in [0.4, 0.5) is 4.79 Å². The van der Waals surface area contributed by atoms with Gasteiger partial charge in [0.15, 0.2) is 0 Å². The summed E-state index contributed by atoms with van der Waals surface area (Å²) in [6, 6.07) is -1.30. The topological polar surface area (TPSA) is 88.4 Å². The number of likely N-dealkylation sites (tertiary alicyclic amines) is 1. The lowest BCUT2D eigenvalue weighted by Gasteiger charge is -2.31. The molecule has 0 spiro atoms. The fourth-order valence-electron chi connectivity index (χ4n) is 2.51. The van der Waals surface area contributed by atoms with Crippen molar-refractivity contribution in [2.45, 2.75) is 51.3 Å². The van der Waals surface area contributed by atoms with E-state index in [2.05, 4.69) is 11.1 Å². The van der Waals surface area contributed by atoms with E-state index >= 15 is 0 Å². The summed E-state index contributed by atoms with van der Waals surface area (Å²) in [4.78, 5) is 25.7. The van der Waals surface area contributed by atoms with Crippen LogP contribution in [0.15, 0.2) is 5.16 Å². The van der Waals surface area contributed by atoms with Gasteiger partial charge in [0.1, 0.15) is 11.6 Å². The van der Waals surface area contributed by atoms with Crippen molar-refractivity contribution in [1.82, 2.24) is 4.90 Å². The number of esters is 1. The average molecular weight is 310 g/mol. The molecule has 1 amide bonds. The summed E-state index contributed by atoms with van der Waals surface area (Å²) in [5.41, 5.74) is -0.707. The highest BCUT2D eigenvalue weighted by Gasteiger charge is 2.48. The van der Waals surface area contributed by atoms with Crippen LogP contribution in [-0.2, 0) is 14.3 Å². The van der Waals surface area contributed by atoms with Crippen LogP contribution in [0.3, 0.4) is 0 Å². The summed E-state index contributed by atoms with van der Waals surface area (Å²) in [5.74, 6) is 1.58. The van der Waals surface area contributed by atoms with Crippen molar-refractivity contribution in [3.63, 3.8) is 0 Å². The molecule has 1 saturated heterocycles. The molecule has 0 aromatic carbocycles. The van der Waals surface area contributed by atoms with Gasteiger partial charge in [-0.1, -0.05) is 0 Å². The normalized spacial score (nSPS) is 25.0. The summed E-state index contributed by atoms with van der Waals surface area (Å²) in [6.07, 6.45) is 6.47. The Labute approximate surface area is 130 Å². The minimum Gasteiger partial charge on any atom is -0.467 e. The van der Waals surface area contributed by atoms with Gasteiger partial charge in [-0.05, 0) is 27.2 Å². The van der Waals surface area contributed by atoms with Crippen LogP contribution in [0.25, 0.3) is 0 Å². The highest BCUT2D eigenvalue weighted by atomic mass is 16.6. The molecule has 7 nitrogen and oxygen atoms in total. The van der Waals surface area contributed by atoms with E-state index in [1.165, 1.54) is 18.2 Å². The van der Waals surface area contributed by atoms with E-state index in [4.69, 9.17) is 21.1 Å². The maximum atomic E-state index is 12.4. The Hall–Kier alpha value is -2.23. The zero-order chi connectivity index (χ0) is 16.9. The van der Waals surface area contributed by atoms with Gasteiger partial charge in [-0.15, -0.1) is 17.5 Å². The Morgan fingerprint density at radius 2 is 2.14 bits per heavy atom. The molecule has 7 heteroatoms. The highest BCUT2D eigenvalue weighted by Crippen LogP contribution is 2.33. The first-order valence-electron chi connectivity index (χ1n) is 6.95. The Morgan fingerprint density at radius 1 is 1.50 bits per heavy atom. The van der Waals surface area contributed by atoms with Gasteiger partial charge in [0, 0.05) is 18.6 Å². The molecule has 0 aromatic heterocycles. The van der Waals surface area contributed by atoms with Gasteiger partial charge < -0.3 is 14.7 Å². The van der Waals surface area contributed by atoms with Crippen LogP contribution in [0.1, 0.15) is 33.6 Å². The summed E-state index contributed by atoms with van der Waals surface area (Å²) in [6.45, 7) is 5.20. The number of rotatable bonds is 3. The molecule has 0 aromatic rings. The summed E-state index contributed by atoms with van der Waals surface area (Å²) >= 11 is 0. The van der Waals surface area contributed by atoms with Crippen LogP contribution in [0, 0.1) is 18.3 Å². The molecule has 22 heavy (non-hydrogen) atoms. The predicted octanol–water partition coefficient (Wildman–Crippen LogP) is 1.64. The fourth-order valence-corrected chi connectivity index (χ4v) is 2.51. The Morgan fingerprint density at radius 3 is 2.59 bits per heavy atom. The van der Waals surface area contributed by atoms with Crippen molar-refractivity contribution in [3.05, 3.63) is 0 Å². The van der Waals surface area contributed by atoms with Gasteiger partial charge in [-0.25, -0.2) is 9.59 Å². The second-order valence-corrected chi connectivity index (χ2v) is 6.07. The Balaban J connectivity index is 3.14. The number of hydrogen-bond acceptors (Lipinski definition) is 6. The molecule has 3 unspecified atom stereocenters.